The van der Waals surface area contributed by atoms with Crippen molar-refractivity contribution in [3.8, 4) is 5.75 Å². The van der Waals surface area contributed by atoms with Gasteiger partial charge in [-0.3, -0.25) is 4.90 Å². The molecule has 1 atom stereocenters. The molecule has 0 amide bonds. The standard InChI is InChI=1S/C15H23NO4/c1-18-15-4-2-3-13(9-15)11-20-12-14(17)10-16-5-7-19-8-6-16/h2-4,9,14,17H,5-8,10-12H2,1H3. The number of nitrogens with zero attached hydrogens (tertiary/aromatic N) is 1. The predicted molar refractivity (Wildman–Crippen MR) is 75.9 cm³/mol. The van der Waals surface area contributed by atoms with Gasteiger partial charge >= 0.3 is 0 Å². The summed E-state index contributed by atoms with van der Waals surface area (Å²) >= 11 is 0. The molecule has 5 heteroatoms. The molecule has 20 heavy (non-hydrogen) atoms. The Bertz CT molecular complexity index is 393. The van der Waals surface area contributed by atoms with E-state index in [4.69, 9.17) is 14.2 Å². The SMILES string of the molecule is COc1cccc(COCC(O)CN2CCOCC2)c1. The number of benzene rings is 1. The van der Waals surface area contributed by atoms with Gasteiger partial charge in [-0.15, -0.1) is 0 Å². The summed E-state index contributed by atoms with van der Waals surface area (Å²) < 4.78 is 16.0. The van der Waals surface area contributed by atoms with Crippen molar-refractivity contribution in [2.75, 3.05) is 46.6 Å². The zero-order valence-corrected chi connectivity index (χ0v) is 12.0. The normalized spacial score (nSPS) is 17.9. The van der Waals surface area contributed by atoms with E-state index >= 15 is 0 Å². The minimum atomic E-state index is -0.460. The number of rotatable bonds is 7. The Morgan fingerprint density at radius 1 is 1.35 bits per heavy atom. The molecule has 1 unspecified atom stereocenters. The second-order valence-corrected chi connectivity index (χ2v) is 4.93. The van der Waals surface area contributed by atoms with Crippen LogP contribution in [0.1, 0.15) is 5.56 Å². The van der Waals surface area contributed by atoms with E-state index in [1.165, 1.54) is 0 Å². The van der Waals surface area contributed by atoms with E-state index < -0.39 is 6.10 Å². The van der Waals surface area contributed by atoms with Crippen molar-refractivity contribution in [3.63, 3.8) is 0 Å². The summed E-state index contributed by atoms with van der Waals surface area (Å²) in [5, 5.41) is 9.95. The minimum absolute atomic E-state index is 0.342. The van der Waals surface area contributed by atoms with Crippen molar-refractivity contribution in [2.24, 2.45) is 0 Å². The van der Waals surface area contributed by atoms with Crippen molar-refractivity contribution in [1.82, 2.24) is 4.90 Å². The highest BCUT2D eigenvalue weighted by Crippen LogP contribution is 2.13. The maximum atomic E-state index is 9.95. The van der Waals surface area contributed by atoms with Crippen molar-refractivity contribution < 1.29 is 19.3 Å². The van der Waals surface area contributed by atoms with Gasteiger partial charge in [0.15, 0.2) is 0 Å². The number of aliphatic hydroxyl groups excluding tert-OH is 1. The highest BCUT2D eigenvalue weighted by atomic mass is 16.5. The topological polar surface area (TPSA) is 51.2 Å². The van der Waals surface area contributed by atoms with Gasteiger partial charge in [-0.25, -0.2) is 0 Å². The lowest BCUT2D eigenvalue weighted by Gasteiger charge is -2.28. The molecule has 1 N–H and O–H groups in total. The lowest BCUT2D eigenvalue weighted by Crippen LogP contribution is -2.42. The van der Waals surface area contributed by atoms with Gasteiger partial charge in [0.2, 0.25) is 0 Å². The van der Waals surface area contributed by atoms with E-state index in [1.54, 1.807) is 7.11 Å². The summed E-state index contributed by atoms with van der Waals surface area (Å²) in [6.07, 6.45) is -0.460. The van der Waals surface area contributed by atoms with E-state index in [0.29, 0.717) is 19.8 Å². The van der Waals surface area contributed by atoms with Crippen LogP contribution in [-0.4, -0.2) is 62.7 Å². The Kier molecular flexibility index (Phi) is 6.26. The molecule has 0 bridgehead atoms. The molecule has 2 rings (SSSR count). The quantitative estimate of drug-likeness (QED) is 0.805. The van der Waals surface area contributed by atoms with Gasteiger partial charge in [0, 0.05) is 19.6 Å². The Hall–Kier alpha value is -1.14. The molecule has 0 radical (unpaired) electrons. The van der Waals surface area contributed by atoms with Crippen LogP contribution in [0.4, 0.5) is 0 Å². The third-order valence-corrected chi connectivity index (χ3v) is 3.29. The molecular weight excluding hydrogens is 258 g/mol. The van der Waals surface area contributed by atoms with Gasteiger partial charge in [-0.1, -0.05) is 12.1 Å². The molecule has 112 valence electrons. The molecule has 0 saturated carbocycles. The van der Waals surface area contributed by atoms with Crippen LogP contribution in [-0.2, 0) is 16.1 Å². The third-order valence-electron chi connectivity index (χ3n) is 3.29. The van der Waals surface area contributed by atoms with Gasteiger partial charge in [0.1, 0.15) is 5.75 Å². The van der Waals surface area contributed by atoms with Crippen molar-refractivity contribution in [1.29, 1.82) is 0 Å². The zero-order chi connectivity index (χ0) is 14.2. The van der Waals surface area contributed by atoms with Gasteiger partial charge in [0.05, 0.1) is 39.6 Å². The summed E-state index contributed by atoms with van der Waals surface area (Å²) in [4.78, 5) is 2.20. The van der Waals surface area contributed by atoms with Gasteiger partial charge < -0.3 is 19.3 Å². The van der Waals surface area contributed by atoms with E-state index in [9.17, 15) is 5.11 Å². The Labute approximate surface area is 120 Å². The largest absolute Gasteiger partial charge is 0.497 e. The number of ether oxygens (including phenoxy) is 3. The second kappa shape index (κ2) is 8.21. The maximum absolute atomic E-state index is 9.95. The van der Waals surface area contributed by atoms with Crippen LogP contribution < -0.4 is 4.74 Å². The first-order valence-electron chi connectivity index (χ1n) is 6.97. The number of β-amino-alcohol motifs (C(OH)–C–C–N with tert-alkyl or cyclic N) is 1. The van der Waals surface area contributed by atoms with Crippen molar-refractivity contribution in [2.45, 2.75) is 12.7 Å². The lowest BCUT2D eigenvalue weighted by molar-refractivity contribution is -0.0175. The van der Waals surface area contributed by atoms with E-state index in [1.807, 2.05) is 24.3 Å². The number of hydrogen-bond acceptors (Lipinski definition) is 5. The lowest BCUT2D eigenvalue weighted by atomic mass is 10.2. The molecule has 1 aliphatic rings. The Morgan fingerprint density at radius 3 is 2.90 bits per heavy atom. The molecule has 0 spiro atoms. The molecule has 1 aromatic rings. The number of methoxy groups -OCH3 is 1. The first-order valence-corrected chi connectivity index (χ1v) is 6.97. The van der Waals surface area contributed by atoms with Gasteiger partial charge in [-0.05, 0) is 17.7 Å². The van der Waals surface area contributed by atoms with Crippen LogP contribution >= 0.6 is 0 Å². The molecule has 1 fully saturated rings. The van der Waals surface area contributed by atoms with Crippen molar-refractivity contribution in [3.05, 3.63) is 29.8 Å². The molecule has 1 saturated heterocycles. The molecule has 0 aromatic heterocycles. The fourth-order valence-corrected chi connectivity index (χ4v) is 2.21. The first-order chi connectivity index (χ1) is 9.78. The number of morpholine rings is 1. The maximum Gasteiger partial charge on any atom is 0.119 e. The van der Waals surface area contributed by atoms with E-state index in [-0.39, 0.29) is 0 Å². The predicted octanol–water partition coefficient (Wildman–Crippen LogP) is 0.905. The van der Waals surface area contributed by atoms with Gasteiger partial charge in [-0.2, -0.15) is 0 Å². The zero-order valence-electron chi connectivity index (χ0n) is 12.0. The fourth-order valence-electron chi connectivity index (χ4n) is 2.21. The molecule has 0 aliphatic carbocycles. The Morgan fingerprint density at radius 2 is 2.15 bits per heavy atom. The summed E-state index contributed by atoms with van der Waals surface area (Å²) in [5.41, 5.74) is 1.04. The number of aliphatic hydroxyl groups is 1. The second-order valence-electron chi connectivity index (χ2n) is 4.93. The number of hydrogen-bond donors (Lipinski definition) is 1. The molecular formula is C15H23NO4. The summed E-state index contributed by atoms with van der Waals surface area (Å²) in [6, 6.07) is 7.75. The average molecular weight is 281 g/mol. The molecule has 1 heterocycles. The molecule has 1 aliphatic heterocycles. The van der Waals surface area contributed by atoms with Crippen molar-refractivity contribution >= 4 is 0 Å². The van der Waals surface area contributed by atoms with Crippen LogP contribution in [0.5, 0.6) is 5.75 Å². The van der Waals surface area contributed by atoms with Crippen LogP contribution in [0, 0.1) is 0 Å². The summed E-state index contributed by atoms with van der Waals surface area (Å²) in [6.45, 7) is 4.72. The summed E-state index contributed by atoms with van der Waals surface area (Å²) in [7, 11) is 1.64. The van der Waals surface area contributed by atoms with Crippen LogP contribution in [0.3, 0.4) is 0 Å². The fraction of sp³-hybridized carbons (Fsp3) is 0.600. The van der Waals surface area contributed by atoms with E-state index in [0.717, 1.165) is 37.6 Å². The molecule has 1 aromatic carbocycles. The Balaban J connectivity index is 1.66. The monoisotopic (exact) mass is 281 g/mol. The van der Waals surface area contributed by atoms with Crippen LogP contribution in [0.15, 0.2) is 24.3 Å². The molecule has 5 nitrogen and oxygen atoms in total. The highest BCUT2D eigenvalue weighted by Gasteiger charge is 2.14. The minimum Gasteiger partial charge on any atom is -0.497 e. The summed E-state index contributed by atoms with van der Waals surface area (Å²) in [5.74, 6) is 0.819. The smallest absolute Gasteiger partial charge is 0.119 e. The first kappa shape index (κ1) is 15.3. The van der Waals surface area contributed by atoms with Crippen LogP contribution in [0.2, 0.25) is 0 Å². The third kappa shape index (κ3) is 5.09. The van der Waals surface area contributed by atoms with Crippen LogP contribution in [0.25, 0.3) is 0 Å². The average Bonchev–Trinajstić information content (AvgIpc) is 2.48. The van der Waals surface area contributed by atoms with Gasteiger partial charge in [0.25, 0.3) is 0 Å². The highest BCUT2D eigenvalue weighted by molar-refractivity contribution is 5.27. The van der Waals surface area contributed by atoms with E-state index in [2.05, 4.69) is 4.90 Å².